The standard InChI is InChI=1S/C18H13ClF3N3O/c19-12-6-7-13(14(10-12)11-4-2-1-3-5-11)16(18(20,21)22)26-15-8-9-24-17(23)25-15/h1-10,16H,(H2,23,24,25)/t16-/m1/s1. The molecule has 0 aliphatic heterocycles. The number of hydrogen-bond acceptors (Lipinski definition) is 4. The van der Waals surface area contributed by atoms with Crippen LogP contribution >= 0.6 is 11.6 Å². The summed E-state index contributed by atoms with van der Waals surface area (Å²) < 4.78 is 46.4. The molecule has 0 fully saturated rings. The van der Waals surface area contributed by atoms with Crippen molar-refractivity contribution < 1.29 is 17.9 Å². The maximum Gasteiger partial charge on any atom is 0.429 e. The second kappa shape index (κ2) is 7.21. The van der Waals surface area contributed by atoms with Crippen molar-refractivity contribution in [3.8, 4) is 17.0 Å². The third-order valence-corrected chi connectivity index (χ3v) is 3.80. The fraction of sp³-hybridized carbons (Fsp3) is 0.111. The first kappa shape index (κ1) is 18.0. The minimum Gasteiger partial charge on any atom is -0.460 e. The first-order valence-electron chi connectivity index (χ1n) is 7.51. The van der Waals surface area contributed by atoms with Gasteiger partial charge in [-0.25, -0.2) is 4.98 Å². The highest BCUT2D eigenvalue weighted by Gasteiger charge is 2.44. The van der Waals surface area contributed by atoms with Crippen molar-refractivity contribution in [2.24, 2.45) is 0 Å². The van der Waals surface area contributed by atoms with Gasteiger partial charge in [0.2, 0.25) is 17.9 Å². The van der Waals surface area contributed by atoms with Gasteiger partial charge in [-0.3, -0.25) is 0 Å². The summed E-state index contributed by atoms with van der Waals surface area (Å²) in [6.45, 7) is 0. The Balaban J connectivity index is 2.10. The van der Waals surface area contributed by atoms with Gasteiger partial charge in [-0.15, -0.1) is 0 Å². The van der Waals surface area contributed by atoms with Crippen LogP contribution in [-0.4, -0.2) is 16.1 Å². The predicted octanol–water partition coefficient (Wildman–Crippen LogP) is 5.06. The number of aromatic nitrogens is 2. The number of benzene rings is 2. The summed E-state index contributed by atoms with van der Waals surface area (Å²) in [5, 5.41) is 0.319. The van der Waals surface area contributed by atoms with Crippen LogP contribution in [0.1, 0.15) is 11.7 Å². The normalized spacial score (nSPS) is 12.6. The van der Waals surface area contributed by atoms with Gasteiger partial charge in [-0.2, -0.15) is 18.2 Å². The fourth-order valence-electron chi connectivity index (χ4n) is 2.47. The van der Waals surface area contributed by atoms with Gasteiger partial charge < -0.3 is 10.5 Å². The molecule has 0 aliphatic rings. The number of alkyl halides is 3. The molecule has 0 spiro atoms. The Morgan fingerprint density at radius 1 is 1.04 bits per heavy atom. The van der Waals surface area contributed by atoms with Crippen LogP contribution in [0.15, 0.2) is 60.8 Å². The Labute approximate surface area is 152 Å². The monoisotopic (exact) mass is 379 g/mol. The van der Waals surface area contributed by atoms with Crippen LogP contribution in [0, 0.1) is 0 Å². The molecule has 0 saturated carbocycles. The van der Waals surface area contributed by atoms with Gasteiger partial charge in [0.05, 0.1) is 0 Å². The van der Waals surface area contributed by atoms with Crippen molar-refractivity contribution in [1.29, 1.82) is 0 Å². The lowest BCUT2D eigenvalue weighted by molar-refractivity contribution is -0.198. The summed E-state index contributed by atoms with van der Waals surface area (Å²) in [7, 11) is 0. The third kappa shape index (κ3) is 4.05. The second-order valence-corrected chi connectivity index (χ2v) is 5.83. The Morgan fingerprint density at radius 3 is 2.42 bits per heavy atom. The van der Waals surface area contributed by atoms with E-state index in [9.17, 15) is 13.2 Å². The lowest BCUT2D eigenvalue weighted by atomic mass is 9.96. The minimum atomic E-state index is -4.68. The van der Waals surface area contributed by atoms with Crippen LogP contribution in [0.3, 0.4) is 0 Å². The number of nitrogens with zero attached hydrogens (tertiary/aromatic N) is 2. The molecular weight excluding hydrogens is 367 g/mol. The molecule has 0 radical (unpaired) electrons. The molecular formula is C18H13ClF3N3O. The number of nitrogens with two attached hydrogens (primary N) is 1. The largest absolute Gasteiger partial charge is 0.460 e. The quantitative estimate of drug-likeness (QED) is 0.688. The molecule has 26 heavy (non-hydrogen) atoms. The topological polar surface area (TPSA) is 61.0 Å². The SMILES string of the molecule is Nc1nccc(O[C@H](c2ccc(Cl)cc2-c2ccccc2)C(F)(F)F)n1. The smallest absolute Gasteiger partial charge is 0.429 e. The highest BCUT2D eigenvalue weighted by molar-refractivity contribution is 6.30. The summed E-state index contributed by atoms with van der Waals surface area (Å²) in [6.07, 6.45) is -5.70. The minimum absolute atomic E-state index is 0.0784. The van der Waals surface area contributed by atoms with Crippen LogP contribution in [0.4, 0.5) is 19.1 Å². The first-order valence-corrected chi connectivity index (χ1v) is 7.89. The molecule has 0 aliphatic carbocycles. The zero-order valence-electron chi connectivity index (χ0n) is 13.2. The van der Waals surface area contributed by atoms with Crippen LogP contribution < -0.4 is 10.5 Å². The summed E-state index contributed by atoms with van der Waals surface area (Å²) in [4.78, 5) is 7.34. The van der Waals surface area contributed by atoms with Crippen LogP contribution in [0.5, 0.6) is 5.88 Å². The van der Waals surface area contributed by atoms with E-state index in [-0.39, 0.29) is 17.4 Å². The summed E-state index contributed by atoms with van der Waals surface area (Å²) in [5.41, 5.74) is 6.25. The molecule has 1 aromatic heterocycles. The predicted molar refractivity (Wildman–Crippen MR) is 92.8 cm³/mol. The van der Waals surface area contributed by atoms with Crippen molar-refractivity contribution in [1.82, 2.24) is 9.97 Å². The average Bonchev–Trinajstić information content (AvgIpc) is 2.60. The molecule has 1 heterocycles. The second-order valence-electron chi connectivity index (χ2n) is 5.39. The molecule has 1 atom stereocenters. The highest BCUT2D eigenvalue weighted by Crippen LogP contribution is 2.41. The van der Waals surface area contributed by atoms with Crippen molar-refractivity contribution in [2.75, 3.05) is 5.73 Å². The van der Waals surface area contributed by atoms with Crippen molar-refractivity contribution in [3.63, 3.8) is 0 Å². The zero-order chi connectivity index (χ0) is 18.7. The molecule has 2 aromatic carbocycles. The number of halogens is 4. The zero-order valence-corrected chi connectivity index (χ0v) is 14.0. The molecule has 2 N–H and O–H groups in total. The molecule has 0 amide bonds. The van der Waals surface area contributed by atoms with Crippen molar-refractivity contribution >= 4 is 17.5 Å². The van der Waals surface area contributed by atoms with E-state index in [1.54, 1.807) is 30.3 Å². The van der Waals surface area contributed by atoms with E-state index in [2.05, 4.69) is 9.97 Å². The summed E-state index contributed by atoms with van der Waals surface area (Å²) in [5.74, 6) is -0.448. The maximum absolute atomic E-state index is 13.8. The lowest BCUT2D eigenvalue weighted by Crippen LogP contribution is -2.27. The summed E-state index contributed by atoms with van der Waals surface area (Å²) in [6, 6.07) is 14.0. The number of ether oxygens (including phenoxy) is 1. The van der Waals surface area contributed by atoms with Gasteiger partial charge in [0.15, 0.2) is 0 Å². The molecule has 0 bridgehead atoms. The van der Waals surface area contributed by atoms with Crippen LogP contribution in [0.2, 0.25) is 5.02 Å². The molecule has 4 nitrogen and oxygen atoms in total. The fourth-order valence-corrected chi connectivity index (χ4v) is 2.65. The molecule has 8 heteroatoms. The highest BCUT2D eigenvalue weighted by atomic mass is 35.5. The number of nitrogen functional groups attached to an aromatic ring is 1. The van der Waals surface area contributed by atoms with Gasteiger partial charge in [0.25, 0.3) is 0 Å². The van der Waals surface area contributed by atoms with Crippen molar-refractivity contribution in [3.05, 3.63) is 71.4 Å². The third-order valence-electron chi connectivity index (χ3n) is 3.57. The Hall–Kier alpha value is -2.80. The van der Waals surface area contributed by atoms with Crippen molar-refractivity contribution in [2.45, 2.75) is 12.3 Å². The lowest BCUT2D eigenvalue weighted by Gasteiger charge is -2.24. The van der Waals surface area contributed by atoms with Crippen LogP contribution in [-0.2, 0) is 0 Å². The maximum atomic E-state index is 13.8. The van der Waals surface area contributed by atoms with E-state index in [1.165, 1.54) is 30.5 Å². The van der Waals surface area contributed by atoms with E-state index < -0.39 is 12.3 Å². The number of hydrogen-bond donors (Lipinski definition) is 1. The van der Waals surface area contributed by atoms with Gasteiger partial charge in [-0.1, -0.05) is 48.0 Å². The Bertz CT molecular complexity index is 904. The van der Waals surface area contributed by atoms with E-state index in [1.807, 2.05) is 0 Å². The van der Waals surface area contributed by atoms with Gasteiger partial charge in [0.1, 0.15) is 0 Å². The average molecular weight is 380 g/mol. The van der Waals surface area contributed by atoms with Gasteiger partial charge in [-0.05, 0) is 23.3 Å². The van der Waals surface area contributed by atoms with E-state index in [4.69, 9.17) is 22.1 Å². The molecule has 0 unspecified atom stereocenters. The molecule has 0 saturated heterocycles. The van der Waals surface area contributed by atoms with Gasteiger partial charge >= 0.3 is 6.18 Å². The summed E-state index contributed by atoms with van der Waals surface area (Å²) >= 11 is 6.01. The Kier molecular flexibility index (Phi) is 4.99. The molecule has 3 rings (SSSR count). The van der Waals surface area contributed by atoms with E-state index >= 15 is 0 Å². The number of rotatable bonds is 4. The molecule has 134 valence electrons. The van der Waals surface area contributed by atoms with Gasteiger partial charge in [0, 0.05) is 22.8 Å². The number of anilines is 1. The molecule has 3 aromatic rings. The van der Waals surface area contributed by atoms with Crippen LogP contribution in [0.25, 0.3) is 11.1 Å². The van der Waals surface area contributed by atoms with E-state index in [0.29, 0.717) is 16.1 Å². The first-order chi connectivity index (χ1) is 12.3. The van der Waals surface area contributed by atoms with E-state index in [0.717, 1.165) is 0 Å². The Morgan fingerprint density at radius 2 is 1.77 bits per heavy atom.